The van der Waals surface area contributed by atoms with Gasteiger partial charge in [0.25, 0.3) is 0 Å². The quantitative estimate of drug-likeness (QED) is 0.794. The zero-order chi connectivity index (χ0) is 13.3. The maximum Gasteiger partial charge on any atom is 0.222 e. The van der Waals surface area contributed by atoms with Crippen LogP contribution in [0.25, 0.3) is 0 Å². The predicted octanol–water partition coefficient (Wildman–Crippen LogP) is 1.98. The van der Waals surface area contributed by atoms with Crippen LogP contribution < -0.4 is 10.6 Å². The maximum atomic E-state index is 4.26. The monoisotopic (exact) mass is 257 g/mol. The van der Waals surface area contributed by atoms with Crippen molar-refractivity contribution in [2.24, 2.45) is 0 Å². The van der Waals surface area contributed by atoms with E-state index in [-0.39, 0.29) is 0 Å². The van der Waals surface area contributed by atoms with Gasteiger partial charge in [-0.1, -0.05) is 13.0 Å². The van der Waals surface area contributed by atoms with Crippen LogP contribution in [-0.4, -0.2) is 21.5 Å². The summed E-state index contributed by atoms with van der Waals surface area (Å²) in [5, 5.41) is 6.47. The minimum absolute atomic E-state index is 0.690. The van der Waals surface area contributed by atoms with Gasteiger partial charge in [-0.3, -0.25) is 4.98 Å². The highest BCUT2D eigenvalue weighted by molar-refractivity contribution is 5.24. The summed E-state index contributed by atoms with van der Waals surface area (Å²) in [4.78, 5) is 12.8. The van der Waals surface area contributed by atoms with Crippen molar-refractivity contribution < 1.29 is 0 Å². The van der Waals surface area contributed by atoms with Crippen LogP contribution >= 0.6 is 0 Å². The Morgan fingerprint density at radius 3 is 2.58 bits per heavy atom. The molecule has 2 aromatic rings. The van der Waals surface area contributed by atoms with Crippen molar-refractivity contribution in [1.29, 1.82) is 0 Å². The summed E-state index contributed by atoms with van der Waals surface area (Å²) < 4.78 is 0. The van der Waals surface area contributed by atoms with Crippen molar-refractivity contribution in [3.8, 4) is 0 Å². The first kappa shape index (κ1) is 13.4. The Hall–Kier alpha value is -2.01. The van der Waals surface area contributed by atoms with Crippen molar-refractivity contribution in [2.45, 2.75) is 26.4 Å². The Bertz CT molecular complexity index is 469. The number of hydrogen-bond acceptors (Lipinski definition) is 5. The van der Waals surface area contributed by atoms with Crippen molar-refractivity contribution >= 4 is 5.95 Å². The van der Waals surface area contributed by atoms with E-state index in [0.29, 0.717) is 5.95 Å². The van der Waals surface area contributed by atoms with Gasteiger partial charge in [-0.25, -0.2) is 9.97 Å². The van der Waals surface area contributed by atoms with Gasteiger partial charge in [-0.15, -0.1) is 0 Å². The normalized spacial score (nSPS) is 10.4. The maximum absolute atomic E-state index is 4.26. The van der Waals surface area contributed by atoms with E-state index in [9.17, 15) is 0 Å². The first-order valence-electron chi connectivity index (χ1n) is 6.54. The lowest BCUT2D eigenvalue weighted by Gasteiger charge is -2.05. The van der Waals surface area contributed by atoms with E-state index in [1.165, 1.54) is 0 Å². The van der Waals surface area contributed by atoms with Gasteiger partial charge in [0.2, 0.25) is 5.95 Å². The largest absolute Gasteiger partial charge is 0.354 e. The van der Waals surface area contributed by atoms with Gasteiger partial charge in [0.05, 0.1) is 5.69 Å². The fourth-order valence-corrected chi connectivity index (χ4v) is 1.61. The number of nitrogens with zero attached hydrogens (tertiary/aromatic N) is 3. The molecule has 0 spiro atoms. The van der Waals surface area contributed by atoms with Gasteiger partial charge >= 0.3 is 0 Å². The van der Waals surface area contributed by atoms with Gasteiger partial charge in [-0.2, -0.15) is 0 Å². The van der Waals surface area contributed by atoms with E-state index in [1.807, 2.05) is 30.6 Å². The molecule has 2 aromatic heterocycles. The lowest BCUT2D eigenvalue weighted by Crippen LogP contribution is -2.14. The van der Waals surface area contributed by atoms with Gasteiger partial charge in [-0.05, 0) is 18.6 Å². The summed E-state index contributed by atoms with van der Waals surface area (Å²) in [6.45, 7) is 4.50. The lowest BCUT2D eigenvalue weighted by atomic mass is 10.3. The van der Waals surface area contributed by atoms with Gasteiger partial charge in [0.15, 0.2) is 0 Å². The average Bonchev–Trinajstić information content (AvgIpc) is 2.47. The summed E-state index contributed by atoms with van der Waals surface area (Å²) in [5.41, 5.74) is 2.10. The highest BCUT2D eigenvalue weighted by atomic mass is 15.1. The number of hydrogen-bond donors (Lipinski definition) is 2. The van der Waals surface area contributed by atoms with E-state index in [2.05, 4.69) is 32.5 Å². The predicted molar refractivity (Wildman–Crippen MR) is 75.6 cm³/mol. The molecule has 0 unspecified atom stereocenters. The number of pyridine rings is 1. The third-order valence-corrected chi connectivity index (χ3v) is 2.60. The Morgan fingerprint density at radius 1 is 1.05 bits per heavy atom. The molecule has 5 nitrogen and oxygen atoms in total. The first-order chi connectivity index (χ1) is 9.38. The molecule has 0 aliphatic heterocycles. The second-order valence-electron chi connectivity index (χ2n) is 4.27. The number of nitrogens with one attached hydrogen (secondary N) is 2. The molecule has 19 heavy (non-hydrogen) atoms. The highest BCUT2D eigenvalue weighted by Gasteiger charge is 1.97. The Labute approximate surface area is 113 Å². The molecular weight excluding hydrogens is 238 g/mol. The van der Waals surface area contributed by atoms with Crippen LogP contribution in [0.1, 0.15) is 24.6 Å². The lowest BCUT2D eigenvalue weighted by molar-refractivity contribution is 0.676. The smallest absolute Gasteiger partial charge is 0.222 e. The molecule has 0 aromatic carbocycles. The summed E-state index contributed by atoms with van der Waals surface area (Å²) >= 11 is 0. The third-order valence-electron chi connectivity index (χ3n) is 2.60. The van der Waals surface area contributed by atoms with Crippen molar-refractivity contribution in [3.05, 3.63) is 48.0 Å². The molecular formula is C14H19N5. The van der Waals surface area contributed by atoms with Crippen molar-refractivity contribution in [1.82, 2.24) is 20.3 Å². The van der Waals surface area contributed by atoms with E-state index < -0.39 is 0 Å². The third kappa shape index (κ3) is 4.63. The molecule has 0 saturated carbocycles. The van der Waals surface area contributed by atoms with E-state index >= 15 is 0 Å². The molecule has 0 aliphatic rings. The van der Waals surface area contributed by atoms with Crippen LogP contribution in [0.3, 0.4) is 0 Å². The molecule has 2 N–H and O–H groups in total. The zero-order valence-electron chi connectivity index (χ0n) is 11.1. The SMILES string of the molecule is CCCNc1ncc(CNCc2ccccn2)cn1. The fourth-order valence-electron chi connectivity index (χ4n) is 1.61. The van der Waals surface area contributed by atoms with Crippen LogP contribution in [0.2, 0.25) is 0 Å². The number of rotatable bonds is 7. The molecule has 2 rings (SSSR count). The van der Waals surface area contributed by atoms with Crippen LogP contribution in [0.4, 0.5) is 5.95 Å². The van der Waals surface area contributed by atoms with E-state index in [1.54, 1.807) is 6.20 Å². The summed E-state index contributed by atoms with van der Waals surface area (Å²) in [5.74, 6) is 0.690. The Balaban J connectivity index is 1.77. The molecule has 0 radical (unpaired) electrons. The van der Waals surface area contributed by atoms with Crippen molar-refractivity contribution in [3.63, 3.8) is 0 Å². The van der Waals surface area contributed by atoms with E-state index in [0.717, 1.165) is 37.3 Å². The topological polar surface area (TPSA) is 62.7 Å². The molecule has 5 heteroatoms. The molecule has 100 valence electrons. The molecule has 0 amide bonds. The first-order valence-corrected chi connectivity index (χ1v) is 6.54. The Kier molecular flexibility index (Phi) is 5.25. The molecule has 0 bridgehead atoms. The second-order valence-corrected chi connectivity index (χ2v) is 4.27. The summed E-state index contributed by atoms with van der Waals surface area (Å²) in [6, 6.07) is 5.90. The van der Waals surface area contributed by atoms with Gasteiger partial charge in [0, 0.05) is 43.8 Å². The van der Waals surface area contributed by atoms with Crippen LogP contribution in [-0.2, 0) is 13.1 Å². The number of anilines is 1. The molecule has 0 aliphatic carbocycles. The molecule has 2 heterocycles. The fraction of sp³-hybridized carbons (Fsp3) is 0.357. The summed E-state index contributed by atoms with van der Waals surface area (Å²) in [7, 11) is 0. The van der Waals surface area contributed by atoms with Crippen LogP contribution in [0, 0.1) is 0 Å². The molecule has 0 saturated heterocycles. The minimum atomic E-state index is 0.690. The van der Waals surface area contributed by atoms with E-state index in [4.69, 9.17) is 0 Å². The highest BCUT2D eigenvalue weighted by Crippen LogP contribution is 2.01. The average molecular weight is 257 g/mol. The number of aromatic nitrogens is 3. The standard InChI is InChI=1S/C14H19N5/c1-2-6-17-14-18-9-12(10-19-14)8-15-11-13-5-3-4-7-16-13/h3-5,7,9-10,15H,2,6,8,11H2,1H3,(H,17,18,19). The molecule has 0 atom stereocenters. The van der Waals surface area contributed by atoms with Crippen molar-refractivity contribution in [2.75, 3.05) is 11.9 Å². The zero-order valence-corrected chi connectivity index (χ0v) is 11.1. The minimum Gasteiger partial charge on any atom is -0.354 e. The van der Waals surface area contributed by atoms with Gasteiger partial charge in [0.1, 0.15) is 0 Å². The second kappa shape index (κ2) is 7.43. The Morgan fingerprint density at radius 2 is 1.89 bits per heavy atom. The van der Waals surface area contributed by atoms with Crippen LogP contribution in [0.15, 0.2) is 36.8 Å². The summed E-state index contributed by atoms with van der Waals surface area (Å²) in [6.07, 6.45) is 6.55. The molecule has 0 fully saturated rings. The van der Waals surface area contributed by atoms with Gasteiger partial charge < -0.3 is 10.6 Å². The van der Waals surface area contributed by atoms with Crippen LogP contribution in [0.5, 0.6) is 0 Å².